The molecule has 1 atom stereocenters. The van der Waals surface area contributed by atoms with Crippen LogP contribution in [-0.2, 0) is 4.57 Å². The number of allylic oxidation sites excluding steroid dienone is 5. The second-order valence-corrected chi connectivity index (χ2v) is 13.6. The zero-order chi connectivity index (χ0) is 30.0. The van der Waals surface area contributed by atoms with Crippen LogP contribution in [0, 0.1) is 19.3 Å². The lowest BCUT2D eigenvalue weighted by molar-refractivity contribution is 0.590. The molecule has 0 bridgehead atoms. The molecule has 0 radical (unpaired) electrons. The number of hydrogen-bond donors (Lipinski definition) is 0. The second kappa shape index (κ2) is 11.7. The maximum Gasteiger partial charge on any atom is 0.166 e. The van der Waals surface area contributed by atoms with E-state index >= 15 is 0 Å². The minimum atomic E-state index is -3.10. The molecule has 1 aromatic heterocycles. The Morgan fingerprint density at radius 1 is 0.791 bits per heavy atom. The van der Waals surface area contributed by atoms with Gasteiger partial charge in [-0.25, -0.2) is 4.98 Å². The van der Waals surface area contributed by atoms with Crippen molar-refractivity contribution in [2.45, 2.75) is 20.8 Å². The van der Waals surface area contributed by atoms with E-state index in [4.69, 9.17) is 11.4 Å². The van der Waals surface area contributed by atoms with Gasteiger partial charge in [0.05, 0.1) is 11.0 Å². The summed E-state index contributed by atoms with van der Waals surface area (Å²) in [6.45, 7) is 6.09. The van der Waals surface area contributed by atoms with E-state index in [0.29, 0.717) is 0 Å². The van der Waals surface area contributed by atoms with Gasteiger partial charge in [0.1, 0.15) is 0 Å². The van der Waals surface area contributed by atoms with Gasteiger partial charge in [0.15, 0.2) is 7.14 Å². The van der Waals surface area contributed by atoms with Gasteiger partial charge < -0.3 is 4.57 Å². The molecule has 43 heavy (non-hydrogen) atoms. The largest absolute Gasteiger partial charge is 0.309 e. The SMILES string of the molecule is C#CC=CC=C(C)P(=O)(c1ccccc1)c1ccc(-c2c3ccc(C)c(C=CC)c3nc3c2ccc2ccccc23)cc1. The highest BCUT2D eigenvalue weighted by atomic mass is 31.2. The molecule has 0 fully saturated rings. The van der Waals surface area contributed by atoms with Crippen molar-refractivity contribution >= 4 is 56.4 Å². The summed E-state index contributed by atoms with van der Waals surface area (Å²) in [5, 5.41) is 6.82. The van der Waals surface area contributed by atoms with Gasteiger partial charge in [0, 0.05) is 37.9 Å². The van der Waals surface area contributed by atoms with Crippen molar-refractivity contribution in [2.75, 3.05) is 0 Å². The van der Waals surface area contributed by atoms with E-state index in [1.165, 1.54) is 5.56 Å². The Morgan fingerprint density at radius 2 is 1.47 bits per heavy atom. The Bertz CT molecular complexity index is 2180. The van der Waals surface area contributed by atoms with Crippen LogP contribution >= 0.6 is 7.14 Å². The van der Waals surface area contributed by atoms with Crippen molar-refractivity contribution in [3.8, 4) is 23.5 Å². The molecule has 0 amide bonds. The summed E-state index contributed by atoms with van der Waals surface area (Å²) >= 11 is 0. The van der Waals surface area contributed by atoms with E-state index < -0.39 is 7.14 Å². The Labute approximate surface area is 253 Å². The first kappa shape index (κ1) is 28.2. The summed E-state index contributed by atoms with van der Waals surface area (Å²) in [5.74, 6) is 2.51. The highest BCUT2D eigenvalue weighted by Crippen LogP contribution is 2.52. The molecule has 1 unspecified atom stereocenters. The number of terminal acetylenes is 1. The van der Waals surface area contributed by atoms with Crippen LogP contribution in [0.2, 0.25) is 0 Å². The number of fused-ring (bicyclic) bond motifs is 4. The Balaban J connectivity index is 1.63. The summed E-state index contributed by atoms with van der Waals surface area (Å²) in [6, 6.07) is 35.1. The van der Waals surface area contributed by atoms with Gasteiger partial charge in [-0.2, -0.15) is 0 Å². The van der Waals surface area contributed by atoms with Crippen LogP contribution in [0.5, 0.6) is 0 Å². The van der Waals surface area contributed by atoms with E-state index in [1.54, 1.807) is 12.2 Å². The van der Waals surface area contributed by atoms with Crippen LogP contribution in [0.1, 0.15) is 25.0 Å². The molecule has 1 heterocycles. The molecule has 0 spiro atoms. The fraction of sp³-hybridized carbons (Fsp3) is 0.0750. The molecular formula is C40H32NOP. The zero-order valence-electron chi connectivity index (χ0n) is 24.6. The molecule has 6 aromatic rings. The highest BCUT2D eigenvalue weighted by molar-refractivity contribution is 7.82. The number of aromatic nitrogens is 1. The van der Waals surface area contributed by atoms with E-state index in [1.807, 2.05) is 62.4 Å². The first-order chi connectivity index (χ1) is 21.0. The molecular weight excluding hydrogens is 541 g/mol. The van der Waals surface area contributed by atoms with Crippen LogP contribution in [0.25, 0.3) is 49.8 Å². The topological polar surface area (TPSA) is 30.0 Å². The van der Waals surface area contributed by atoms with Gasteiger partial charge in [-0.1, -0.05) is 133 Å². The molecule has 0 aliphatic heterocycles. The summed E-state index contributed by atoms with van der Waals surface area (Å²) in [6.07, 6.45) is 14.9. The highest BCUT2D eigenvalue weighted by Gasteiger charge is 2.29. The molecule has 0 aliphatic rings. The van der Waals surface area contributed by atoms with E-state index in [-0.39, 0.29) is 0 Å². The molecule has 208 valence electrons. The zero-order valence-corrected chi connectivity index (χ0v) is 25.5. The third-order valence-corrected chi connectivity index (χ3v) is 11.3. The maximum absolute atomic E-state index is 14.9. The third kappa shape index (κ3) is 4.93. The van der Waals surface area contributed by atoms with Gasteiger partial charge in [0.2, 0.25) is 0 Å². The van der Waals surface area contributed by atoms with Gasteiger partial charge in [-0.3, -0.25) is 0 Å². The fourth-order valence-corrected chi connectivity index (χ4v) is 8.50. The number of aryl methyl sites for hydroxylation is 1. The molecule has 3 heteroatoms. The molecule has 0 aliphatic carbocycles. The fourth-order valence-electron chi connectivity index (χ4n) is 5.93. The van der Waals surface area contributed by atoms with Gasteiger partial charge in [-0.15, -0.1) is 6.42 Å². The first-order valence-electron chi connectivity index (χ1n) is 14.4. The Hall–Kier alpha value is -4.96. The molecule has 0 saturated heterocycles. The van der Waals surface area contributed by atoms with Crippen molar-refractivity contribution in [1.29, 1.82) is 0 Å². The number of benzene rings is 5. The lowest BCUT2D eigenvalue weighted by atomic mass is 9.92. The second-order valence-electron chi connectivity index (χ2n) is 10.7. The van der Waals surface area contributed by atoms with Crippen LogP contribution < -0.4 is 10.6 Å². The van der Waals surface area contributed by atoms with Gasteiger partial charge >= 0.3 is 0 Å². The summed E-state index contributed by atoms with van der Waals surface area (Å²) < 4.78 is 14.9. The molecule has 0 N–H and O–H groups in total. The third-order valence-electron chi connectivity index (χ3n) is 8.10. The van der Waals surface area contributed by atoms with Crippen molar-refractivity contribution in [1.82, 2.24) is 4.98 Å². The molecule has 0 saturated carbocycles. The van der Waals surface area contributed by atoms with Crippen molar-refractivity contribution in [2.24, 2.45) is 0 Å². The maximum atomic E-state index is 14.9. The number of nitrogens with zero attached hydrogens (tertiary/aromatic N) is 1. The van der Waals surface area contributed by atoms with Gasteiger partial charge in [-0.05, 0) is 48.7 Å². The monoisotopic (exact) mass is 573 g/mol. The number of pyridine rings is 1. The Kier molecular flexibility index (Phi) is 7.69. The lowest BCUT2D eigenvalue weighted by Crippen LogP contribution is -2.16. The van der Waals surface area contributed by atoms with Crippen molar-refractivity contribution in [3.05, 3.63) is 144 Å². The molecule has 2 nitrogen and oxygen atoms in total. The Morgan fingerprint density at radius 3 is 2.21 bits per heavy atom. The smallest absolute Gasteiger partial charge is 0.166 e. The lowest BCUT2D eigenvalue weighted by Gasteiger charge is -2.21. The standard InChI is InChI=1S/C40H32NOP/c1-5-7-9-15-29(4)43(42,32-17-10-8-11-18-32)33-24-21-31(22-25-33)38-36-26-20-28(3)34(14-6-2)39(36)41-40-35-19-13-12-16-30(35)23-27-37(38)40/h1,6-27H,2-4H3. The van der Waals surface area contributed by atoms with Gasteiger partial charge in [0.25, 0.3) is 0 Å². The minimum absolute atomic E-state index is 0.774. The molecule has 5 aromatic carbocycles. The predicted octanol–water partition coefficient (Wildman–Crippen LogP) is 9.96. The average molecular weight is 574 g/mol. The summed E-state index contributed by atoms with van der Waals surface area (Å²) in [5.41, 5.74) is 6.46. The number of hydrogen-bond acceptors (Lipinski definition) is 2. The van der Waals surface area contributed by atoms with E-state index in [0.717, 1.165) is 65.2 Å². The van der Waals surface area contributed by atoms with Crippen molar-refractivity contribution in [3.63, 3.8) is 0 Å². The van der Waals surface area contributed by atoms with Crippen LogP contribution in [0.3, 0.4) is 0 Å². The van der Waals surface area contributed by atoms with Crippen molar-refractivity contribution < 1.29 is 4.57 Å². The average Bonchev–Trinajstić information content (AvgIpc) is 3.05. The summed E-state index contributed by atoms with van der Waals surface area (Å²) in [7, 11) is -3.10. The van der Waals surface area contributed by atoms with Crippen LogP contribution in [0.15, 0.2) is 133 Å². The first-order valence-corrected chi connectivity index (χ1v) is 16.1. The molecule has 6 rings (SSSR count). The number of rotatable bonds is 6. The predicted molar refractivity (Wildman–Crippen MR) is 187 cm³/mol. The summed E-state index contributed by atoms with van der Waals surface area (Å²) in [4.78, 5) is 5.30. The minimum Gasteiger partial charge on any atom is -0.309 e. The van der Waals surface area contributed by atoms with Crippen LogP contribution in [-0.4, -0.2) is 4.98 Å². The van der Waals surface area contributed by atoms with Crippen LogP contribution in [0.4, 0.5) is 0 Å². The van der Waals surface area contributed by atoms with E-state index in [2.05, 4.69) is 85.7 Å². The van der Waals surface area contributed by atoms with E-state index in [9.17, 15) is 4.57 Å². The quantitative estimate of drug-likeness (QED) is 0.0653. The normalized spacial score (nSPS) is 13.7.